The lowest BCUT2D eigenvalue weighted by Gasteiger charge is -2.37. The molecule has 7 heteroatoms. The van der Waals surface area contributed by atoms with E-state index >= 15 is 0 Å². The Morgan fingerprint density at radius 3 is 2.70 bits per heavy atom. The molecule has 0 spiro atoms. The molecule has 0 heterocycles. The summed E-state index contributed by atoms with van der Waals surface area (Å²) in [7, 11) is 0. The molecule has 1 fully saturated rings. The van der Waals surface area contributed by atoms with Gasteiger partial charge in [-0.05, 0) is 25.0 Å². The van der Waals surface area contributed by atoms with Gasteiger partial charge in [0.05, 0.1) is 10.3 Å². The summed E-state index contributed by atoms with van der Waals surface area (Å²) in [6.07, 6.45) is 1.95. The third kappa shape index (κ3) is 2.28. The average molecular weight is 275 g/mol. The van der Waals surface area contributed by atoms with Crippen LogP contribution in [0.1, 0.15) is 24.8 Å². The van der Waals surface area contributed by atoms with Crippen molar-refractivity contribution in [1.82, 2.24) is 0 Å². The second kappa shape index (κ2) is 5.17. The molecule has 7 nitrogen and oxygen atoms in total. The predicted molar refractivity (Wildman–Crippen MR) is 70.2 cm³/mol. The first kappa shape index (κ1) is 13.8. The van der Waals surface area contributed by atoms with Crippen molar-refractivity contribution in [3.63, 3.8) is 0 Å². The van der Waals surface area contributed by atoms with E-state index in [4.69, 9.17) is 5.26 Å². The van der Waals surface area contributed by atoms with Crippen LogP contribution in [0.5, 0.6) is 0 Å². The smallest absolute Gasteiger partial charge is 0.311 e. The minimum Gasteiger partial charge on any atom is -0.481 e. The highest BCUT2D eigenvalue weighted by molar-refractivity contribution is 5.77. The summed E-state index contributed by atoms with van der Waals surface area (Å²) < 4.78 is 0. The van der Waals surface area contributed by atoms with Gasteiger partial charge in [0.25, 0.3) is 0 Å². The summed E-state index contributed by atoms with van der Waals surface area (Å²) in [5, 5.41) is 32.0. The molecule has 1 saturated carbocycles. The lowest BCUT2D eigenvalue weighted by atomic mass is 9.69. The second-order valence-corrected chi connectivity index (χ2v) is 4.86. The van der Waals surface area contributed by atoms with Crippen molar-refractivity contribution in [3.05, 3.63) is 33.9 Å². The van der Waals surface area contributed by atoms with E-state index in [0.717, 1.165) is 6.42 Å². The van der Waals surface area contributed by atoms with Crippen molar-refractivity contribution in [1.29, 1.82) is 5.26 Å². The van der Waals surface area contributed by atoms with E-state index in [2.05, 4.69) is 5.32 Å². The first-order valence-electron chi connectivity index (χ1n) is 6.15. The second-order valence-electron chi connectivity index (χ2n) is 4.86. The Morgan fingerprint density at radius 2 is 2.25 bits per heavy atom. The SMILES string of the molecule is N#Cc1cccc(NCC2(C(=O)O)CCC2)c1[N+](=O)[O-]. The van der Waals surface area contributed by atoms with Crippen LogP contribution in [0.4, 0.5) is 11.4 Å². The number of hydrogen-bond acceptors (Lipinski definition) is 5. The minimum atomic E-state index is -0.893. The first-order valence-corrected chi connectivity index (χ1v) is 6.15. The molecular weight excluding hydrogens is 262 g/mol. The molecule has 20 heavy (non-hydrogen) atoms. The normalized spacial score (nSPS) is 15.8. The fourth-order valence-corrected chi connectivity index (χ4v) is 2.31. The zero-order valence-electron chi connectivity index (χ0n) is 10.6. The number of nitrogens with one attached hydrogen (secondary N) is 1. The van der Waals surface area contributed by atoms with Gasteiger partial charge in [-0.3, -0.25) is 14.9 Å². The Morgan fingerprint density at radius 1 is 1.55 bits per heavy atom. The molecular formula is C13H13N3O4. The summed E-state index contributed by atoms with van der Waals surface area (Å²) in [5.41, 5.74) is -1.02. The molecule has 0 bridgehead atoms. The number of rotatable bonds is 5. The number of nitriles is 1. The van der Waals surface area contributed by atoms with E-state index in [1.165, 1.54) is 18.2 Å². The number of carboxylic acid groups (broad SMARTS) is 1. The molecule has 1 aliphatic carbocycles. The van der Waals surface area contributed by atoms with Crippen molar-refractivity contribution in [2.24, 2.45) is 5.41 Å². The minimum absolute atomic E-state index is 0.0435. The van der Waals surface area contributed by atoms with Crippen LogP contribution in [-0.4, -0.2) is 22.5 Å². The van der Waals surface area contributed by atoms with E-state index in [1.54, 1.807) is 6.07 Å². The number of aliphatic carboxylic acids is 1. The van der Waals surface area contributed by atoms with Gasteiger partial charge in [0, 0.05) is 6.54 Å². The van der Waals surface area contributed by atoms with Crippen molar-refractivity contribution < 1.29 is 14.8 Å². The van der Waals surface area contributed by atoms with Gasteiger partial charge < -0.3 is 10.4 Å². The van der Waals surface area contributed by atoms with Crippen LogP contribution < -0.4 is 5.32 Å². The van der Waals surface area contributed by atoms with Gasteiger partial charge in [0.15, 0.2) is 0 Å². The molecule has 1 aromatic rings. The molecule has 0 atom stereocenters. The number of nitro groups is 1. The average Bonchev–Trinajstić information content (AvgIpc) is 2.36. The Bertz CT molecular complexity index is 602. The van der Waals surface area contributed by atoms with Crippen LogP contribution in [0.15, 0.2) is 18.2 Å². The van der Waals surface area contributed by atoms with E-state index < -0.39 is 16.3 Å². The maximum atomic E-state index is 11.2. The van der Waals surface area contributed by atoms with E-state index in [0.29, 0.717) is 12.8 Å². The Hall–Kier alpha value is -2.62. The molecule has 1 aromatic carbocycles. The third-order valence-electron chi connectivity index (χ3n) is 3.72. The van der Waals surface area contributed by atoms with Crippen LogP contribution in [0.2, 0.25) is 0 Å². The molecule has 0 unspecified atom stereocenters. The molecule has 0 radical (unpaired) electrons. The van der Waals surface area contributed by atoms with Crippen molar-refractivity contribution in [2.75, 3.05) is 11.9 Å². The number of benzene rings is 1. The van der Waals surface area contributed by atoms with Crippen molar-refractivity contribution >= 4 is 17.3 Å². The molecule has 0 saturated heterocycles. The Balaban J connectivity index is 2.24. The van der Waals surface area contributed by atoms with Gasteiger partial charge in [0.1, 0.15) is 17.3 Å². The number of nitrogens with zero attached hydrogens (tertiary/aromatic N) is 2. The van der Waals surface area contributed by atoms with Gasteiger partial charge in [-0.1, -0.05) is 12.5 Å². The highest BCUT2D eigenvalue weighted by Crippen LogP contribution is 2.41. The number of hydrogen-bond donors (Lipinski definition) is 2. The summed E-state index contributed by atoms with van der Waals surface area (Å²) in [6.45, 7) is 0.123. The maximum absolute atomic E-state index is 11.2. The topological polar surface area (TPSA) is 116 Å². The van der Waals surface area contributed by atoms with Crippen molar-refractivity contribution in [3.8, 4) is 6.07 Å². The number of carboxylic acids is 1. The molecule has 0 aromatic heterocycles. The van der Waals surface area contributed by atoms with Crippen LogP contribution in [0, 0.1) is 26.9 Å². The van der Waals surface area contributed by atoms with Gasteiger partial charge in [0.2, 0.25) is 0 Å². The standard InChI is InChI=1S/C13H13N3O4/c14-7-9-3-1-4-10(11(9)16(19)20)15-8-13(12(17)18)5-2-6-13/h1,3-4,15H,2,5-6,8H2,(H,17,18). The highest BCUT2D eigenvalue weighted by atomic mass is 16.6. The number of anilines is 1. The molecule has 0 amide bonds. The summed E-state index contributed by atoms with van der Waals surface area (Å²) >= 11 is 0. The summed E-state index contributed by atoms with van der Waals surface area (Å²) in [4.78, 5) is 21.7. The molecule has 104 valence electrons. The molecule has 0 aliphatic heterocycles. The monoisotopic (exact) mass is 275 g/mol. The molecule has 2 rings (SSSR count). The van der Waals surface area contributed by atoms with Crippen LogP contribution >= 0.6 is 0 Å². The van der Waals surface area contributed by atoms with Gasteiger partial charge in [-0.15, -0.1) is 0 Å². The summed E-state index contributed by atoms with van der Waals surface area (Å²) in [5.74, 6) is -0.893. The lowest BCUT2D eigenvalue weighted by molar-refractivity contribution is -0.384. The summed E-state index contributed by atoms with van der Waals surface area (Å²) in [6, 6.07) is 6.14. The van der Waals surface area contributed by atoms with Gasteiger partial charge >= 0.3 is 11.7 Å². The van der Waals surface area contributed by atoms with Gasteiger partial charge in [-0.25, -0.2) is 0 Å². The largest absolute Gasteiger partial charge is 0.481 e. The quantitative estimate of drug-likeness (QED) is 0.628. The van der Waals surface area contributed by atoms with Crippen molar-refractivity contribution in [2.45, 2.75) is 19.3 Å². The van der Waals surface area contributed by atoms with Gasteiger partial charge in [-0.2, -0.15) is 5.26 Å². The molecule has 1 aliphatic rings. The third-order valence-corrected chi connectivity index (χ3v) is 3.72. The maximum Gasteiger partial charge on any atom is 0.311 e. The van der Waals surface area contributed by atoms with E-state index in [1.807, 2.05) is 0 Å². The Kier molecular flexibility index (Phi) is 3.57. The fraction of sp³-hybridized carbons (Fsp3) is 0.385. The van der Waals surface area contributed by atoms with Crippen LogP contribution in [-0.2, 0) is 4.79 Å². The first-order chi connectivity index (χ1) is 9.50. The zero-order valence-corrected chi connectivity index (χ0v) is 10.6. The van der Waals surface area contributed by atoms with E-state index in [-0.39, 0.29) is 23.5 Å². The van der Waals surface area contributed by atoms with E-state index in [9.17, 15) is 20.0 Å². The zero-order chi connectivity index (χ0) is 14.8. The number of nitro benzene ring substituents is 1. The van der Waals surface area contributed by atoms with Crippen LogP contribution in [0.3, 0.4) is 0 Å². The highest BCUT2D eigenvalue weighted by Gasteiger charge is 2.44. The Labute approximate surface area is 115 Å². The lowest BCUT2D eigenvalue weighted by Crippen LogP contribution is -2.43. The molecule has 2 N–H and O–H groups in total. The predicted octanol–water partition coefficient (Wildman–Crippen LogP) is 2.13. The number of para-hydroxylation sites is 1. The number of carbonyl (C=O) groups is 1. The fourth-order valence-electron chi connectivity index (χ4n) is 2.31. The van der Waals surface area contributed by atoms with Crippen LogP contribution in [0.25, 0.3) is 0 Å².